The predicted octanol–water partition coefficient (Wildman–Crippen LogP) is 4.69. The van der Waals surface area contributed by atoms with Crippen LogP contribution in [-0.4, -0.2) is 41.3 Å². The van der Waals surface area contributed by atoms with Crippen LogP contribution in [0.3, 0.4) is 0 Å². The highest BCUT2D eigenvalue weighted by Gasteiger charge is 2.40. The van der Waals surface area contributed by atoms with Crippen molar-refractivity contribution in [2.75, 3.05) is 6.61 Å². The first-order chi connectivity index (χ1) is 12.2. The molecule has 27 heavy (non-hydrogen) atoms. The molecule has 0 rings (SSSR count). The number of ketones is 3. The van der Waals surface area contributed by atoms with Crippen LogP contribution in [-0.2, 0) is 23.9 Å². The number of carbonyl (C=O) groups is 3. The van der Waals surface area contributed by atoms with E-state index < -0.39 is 17.3 Å². The van der Waals surface area contributed by atoms with Crippen molar-refractivity contribution in [1.29, 1.82) is 0 Å². The molecule has 5 nitrogen and oxygen atoms in total. The largest absolute Gasteiger partial charge is 0.367 e. The topological polar surface area (TPSA) is 69.7 Å². The fourth-order valence-electron chi connectivity index (χ4n) is 2.94. The van der Waals surface area contributed by atoms with Crippen LogP contribution in [0.1, 0.15) is 94.4 Å². The molecule has 0 aromatic rings. The number of hydrogen-bond donors (Lipinski definition) is 0. The minimum absolute atomic E-state index is 0.0940. The van der Waals surface area contributed by atoms with E-state index in [1.807, 2.05) is 34.6 Å². The SMILES string of the molecule is CCCC(C)(OCCCC(=O)C(C)(C)C)C(=O)C(C)OC(C)(CC)C(C)=O. The van der Waals surface area contributed by atoms with Gasteiger partial charge in [0.15, 0.2) is 11.6 Å². The van der Waals surface area contributed by atoms with Gasteiger partial charge in [-0.05, 0) is 47.0 Å². The molecule has 0 heterocycles. The third-order valence-corrected chi connectivity index (χ3v) is 5.28. The average molecular weight is 385 g/mol. The highest BCUT2D eigenvalue weighted by molar-refractivity contribution is 5.91. The normalized spacial score (nSPS) is 17.7. The Balaban J connectivity index is 4.97. The number of rotatable bonds is 13. The van der Waals surface area contributed by atoms with E-state index in [9.17, 15) is 14.4 Å². The van der Waals surface area contributed by atoms with Crippen LogP contribution in [0.2, 0.25) is 0 Å². The standard InChI is InChI=1S/C22H40O5/c1-10-14-22(9,26-15-12-13-18(24)20(5,6)7)19(25)16(3)27-21(8,11-2)17(4)23/h16H,10-15H2,1-9H3. The van der Waals surface area contributed by atoms with E-state index in [0.29, 0.717) is 32.3 Å². The lowest BCUT2D eigenvalue weighted by atomic mass is 9.88. The van der Waals surface area contributed by atoms with E-state index in [1.54, 1.807) is 20.8 Å². The molecular formula is C22H40O5. The third kappa shape index (κ3) is 7.82. The van der Waals surface area contributed by atoms with Gasteiger partial charge in [-0.3, -0.25) is 14.4 Å². The molecule has 0 aliphatic carbocycles. The predicted molar refractivity (Wildman–Crippen MR) is 108 cm³/mol. The van der Waals surface area contributed by atoms with E-state index in [-0.39, 0.29) is 22.8 Å². The number of hydrogen-bond acceptors (Lipinski definition) is 5. The molecule has 0 N–H and O–H groups in total. The summed E-state index contributed by atoms with van der Waals surface area (Å²) in [6.07, 6.45) is 2.12. The minimum atomic E-state index is -0.982. The van der Waals surface area contributed by atoms with Crippen LogP contribution in [0, 0.1) is 5.41 Å². The summed E-state index contributed by atoms with van der Waals surface area (Å²) in [6, 6.07) is 0. The Hall–Kier alpha value is -1.07. The molecular weight excluding hydrogens is 344 g/mol. The van der Waals surface area contributed by atoms with E-state index in [1.165, 1.54) is 6.92 Å². The minimum Gasteiger partial charge on any atom is -0.367 e. The van der Waals surface area contributed by atoms with Gasteiger partial charge in [0.25, 0.3) is 0 Å². The second-order valence-corrected chi connectivity index (χ2v) is 8.87. The smallest absolute Gasteiger partial charge is 0.192 e. The number of ether oxygens (including phenoxy) is 2. The molecule has 0 amide bonds. The summed E-state index contributed by atoms with van der Waals surface area (Å²) in [5.74, 6) is -0.0672. The molecule has 3 atom stereocenters. The van der Waals surface area contributed by atoms with E-state index in [2.05, 4.69) is 0 Å². The molecule has 0 bridgehead atoms. The quantitative estimate of drug-likeness (QED) is 0.431. The van der Waals surface area contributed by atoms with Crippen molar-refractivity contribution in [1.82, 2.24) is 0 Å². The second kappa shape index (κ2) is 10.5. The Labute approximate surface area is 165 Å². The molecule has 0 aromatic heterocycles. The Kier molecular flexibility index (Phi) is 10.1. The van der Waals surface area contributed by atoms with Gasteiger partial charge in [0.2, 0.25) is 0 Å². The van der Waals surface area contributed by atoms with Crippen LogP contribution in [0.25, 0.3) is 0 Å². The third-order valence-electron chi connectivity index (χ3n) is 5.28. The van der Waals surface area contributed by atoms with E-state index >= 15 is 0 Å². The Bertz CT molecular complexity index is 519. The van der Waals surface area contributed by atoms with Crippen molar-refractivity contribution >= 4 is 17.3 Å². The maximum Gasteiger partial charge on any atom is 0.192 e. The maximum absolute atomic E-state index is 13.0. The zero-order valence-electron chi connectivity index (χ0n) is 18.9. The number of Topliss-reactive ketones (excluding diaryl/α,β-unsaturated/α-hetero) is 3. The molecule has 0 saturated carbocycles. The lowest BCUT2D eigenvalue weighted by Crippen LogP contribution is -2.49. The highest BCUT2D eigenvalue weighted by atomic mass is 16.5. The van der Waals surface area contributed by atoms with Crippen LogP contribution in [0.5, 0.6) is 0 Å². The summed E-state index contributed by atoms with van der Waals surface area (Å²) in [4.78, 5) is 37.0. The average Bonchev–Trinajstić information content (AvgIpc) is 2.56. The lowest BCUT2D eigenvalue weighted by molar-refractivity contribution is -0.169. The molecule has 0 aliphatic heterocycles. The van der Waals surface area contributed by atoms with E-state index in [0.717, 1.165) is 6.42 Å². The van der Waals surface area contributed by atoms with Gasteiger partial charge in [0.05, 0.1) is 0 Å². The highest BCUT2D eigenvalue weighted by Crippen LogP contribution is 2.26. The molecule has 0 aliphatic rings. The van der Waals surface area contributed by atoms with Gasteiger partial charge in [0.1, 0.15) is 23.1 Å². The summed E-state index contributed by atoms with van der Waals surface area (Å²) in [7, 11) is 0. The van der Waals surface area contributed by atoms with Crippen LogP contribution in [0.15, 0.2) is 0 Å². The molecule has 0 fully saturated rings. The second-order valence-electron chi connectivity index (χ2n) is 8.87. The lowest BCUT2D eigenvalue weighted by Gasteiger charge is -2.35. The molecule has 0 saturated heterocycles. The molecule has 0 aromatic carbocycles. The van der Waals surface area contributed by atoms with Gasteiger partial charge in [-0.25, -0.2) is 0 Å². The molecule has 0 radical (unpaired) electrons. The first-order valence-corrected chi connectivity index (χ1v) is 10.1. The van der Waals surface area contributed by atoms with Crippen molar-refractivity contribution < 1.29 is 23.9 Å². The Morgan fingerprint density at radius 2 is 1.52 bits per heavy atom. The molecule has 5 heteroatoms. The van der Waals surface area contributed by atoms with Crippen molar-refractivity contribution in [3.63, 3.8) is 0 Å². The zero-order valence-corrected chi connectivity index (χ0v) is 18.9. The fourth-order valence-corrected chi connectivity index (χ4v) is 2.94. The Morgan fingerprint density at radius 1 is 0.963 bits per heavy atom. The van der Waals surface area contributed by atoms with Gasteiger partial charge >= 0.3 is 0 Å². The van der Waals surface area contributed by atoms with Crippen LogP contribution >= 0.6 is 0 Å². The maximum atomic E-state index is 13.0. The van der Waals surface area contributed by atoms with E-state index in [4.69, 9.17) is 9.47 Å². The van der Waals surface area contributed by atoms with Gasteiger partial charge in [-0.1, -0.05) is 41.0 Å². The van der Waals surface area contributed by atoms with Gasteiger partial charge in [0, 0.05) is 18.4 Å². The summed E-state index contributed by atoms with van der Waals surface area (Å²) in [6.45, 7) is 16.6. The molecule has 158 valence electrons. The summed E-state index contributed by atoms with van der Waals surface area (Å²) >= 11 is 0. The first kappa shape index (κ1) is 25.9. The van der Waals surface area contributed by atoms with Crippen molar-refractivity contribution in [2.45, 2.75) is 112 Å². The van der Waals surface area contributed by atoms with Gasteiger partial charge in [-0.2, -0.15) is 0 Å². The molecule has 0 spiro atoms. The van der Waals surface area contributed by atoms with Crippen LogP contribution in [0.4, 0.5) is 0 Å². The van der Waals surface area contributed by atoms with Gasteiger partial charge in [-0.15, -0.1) is 0 Å². The van der Waals surface area contributed by atoms with Crippen molar-refractivity contribution in [2.24, 2.45) is 5.41 Å². The van der Waals surface area contributed by atoms with Crippen LogP contribution < -0.4 is 0 Å². The summed E-state index contributed by atoms with van der Waals surface area (Å²) < 4.78 is 11.8. The fraction of sp³-hybridized carbons (Fsp3) is 0.864. The van der Waals surface area contributed by atoms with Crippen molar-refractivity contribution in [3.8, 4) is 0 Å². The monoisotopic (exact) mass is 384 g/mol. The Morgan fingerprint density at radius 3 is 1.93 bits per heavy atom. The molecule has 3 unspecified atom stereocenters. The first-order valence-electron chi connectivity index (χ1n) is 10.1. The number of carbonyl (C=O) groups excluding carboxylic acids is 3. The zero-order chi connectivity index (χ0) is 21.5. The summed E-state index contributed by atoms with van der Waals surface area (Å²) in [5.41, 5.74) is -2.31. The van der Waals surface area contributed by atoms with Gasteiger partial charge < -0.3 is 9.47 Å². The van der Waals surface area contributed by atoms with Crippen molar-refractivity contribution in [3.05, 3.63) is 0 Å². The summed E-state index contributed by atoms with van der Waals surface area (Å²) in [5, 5.41) is 0.